The van der Waals surface area contributed by atoms with Crippen molar-refractivity contribution < 1.29 is 28.7 Å². The number of nitrogens with zero attached hydrogens (tertiary/aromatic N) is 1. The molecule has 1 aliphatic rings. The molecule has 182 valence electrons. The number of hydrogen-bond donors (Lipinski definition) is 1. The van der Waals surface area contributed by atoms with E-state index in [-0.39, 0.29) is 11.3 Å². The number of amides is 3. The number of anilines is 2. The van der Waals surface area contributed by atoms with Crippen LogP contribution in [0, 0.1) is 0 Å². The van der Waals surface area contributed by atoms with Crippen molar-refractivity contribution in [2.24, 2.45) is 0 Å². The molecule has 5 rings (SSSR count). The van der Waals surface area contributed by atoms with E-state index in [1.165, 1.54) is 31.2 Å². The van der Waals surface area contributed by atoms with Crippen LogP contribution < -0.4 is 10.2 Å². The number of carbonyl (C=O) groups is 5. The molecule has 3 amide bonds. The smallest absolute Gasteiger partial charge is 0.338 e. The van der Waals surface area contributed by atoms with Crippen molar-refractivity contribution in [3.63, 3.8) is 0 Å². The quantitative estimate of drug-likeness (QED) is 0.239. The van der Waals surface area contributed by atoms with Crippen LogP contribution in [0.4, 0.5) is 11.4 Å². The highest BCUT2D eigenvalue weighted by atomic mass is 16.5. The number of nitrogens with one attached hydrogen (secondary N) is 1. The second-order valence-electron chi connectivity index (χ2n) is 8.43. The van der Waals surface area contributed by atoms with Crippen molar-refractivity contribution in [1.29, 1.82) is 0 Å². The van der Waals surface area contributed by atoms with E-state index in [0.717, 1.165) is 10.3 Å². The Morgan fingerprint density at radius 3 is 2.03 bits per heavy atom. The van der Waals surface area contributed by atoms with Gasteiger partial charge in [0.25, 0.3) is 17.7 Å². The van der Waals surface area contributed by atoms with Gasteiger partial charge in [0.1, 0.15) is 0 Å². The summed E-state index contributed by atoms with van der Waals surface area (Å²) in [5.74, 6) is -2.47. The molecule has 1 aliphatic heterocycles. The number of ketones is 1. The lowest BCUT2D eigenvalue weighted by Crippen LogP contribution is -2.40. The number of ether oxygens (including phenoxy) is 1. The Hall–Kier alpha value is -5.11. The molecule has 37 heavy (non-hydrogen) atoms. The van der Waals surface area contributed by atoms with Crippen LogP contribution in [0.1, 0.15) is 48.4 Å². The molecule has 0 aliphatic carbocycles. The van der Waals surface area contributed by atoms with Gasteiger partial charge in [0.2, 0.25) is 0 Å². The SMILES string of the molecule is CC(=O)c1ccccc1NC(=O)COC(=O)c1ccc(N2C(=O)c3cccc4cccc(c34)C2=O)cc1. The molecule has 0 atom stereocenters. The molecule has 0 radical (unpaired) electrons. The first-order valence-electron chi connectivity index (χ1n) is 11.4. The molecule has 8 heteroatoms. The zero-order valence-corrected chi connectivity index (χ0v) is 19.7. The summed E-state index contributed by atoms with van der Waals surface area (Å²) in [6, 6.07) is 22.9. The number of esters is 1. The first-order valence-corrected chi connectivity index (χ1v) is 11.4. The van der Waals surface area contributed by atoms with Gasteiger partial charge < -0.3 is 10.1 Å². The van der Waals surface area contributed by atoms with Crippen LogP contribution >= 0.6 is 0 Å². The third-order valence-corrected chi connectivity index (χ3v) is 6.05. The molecule has 8 nitrogen and oxygen atoms in total. The third-order valence-electron chi connectivity index (χ3n) is 6.05. The summed E-state index contributed by atoms with van der Waals surface area (Å²) in [4.78, 5) is 63.9. The van der Waals surface area contributed by atoms with E-state index in [2.05, 4.69) is 5.32 Å². The number of para-hydroxylation sites is 1. The van der Waals surface area contributed by atoms with Crippen molar-refractivity contribution in [2.75, 3.05) is 16.8 Å². The Bertz CT molecular complexity index is 1560. The van der Waals surface area contributed by atoms with Gasteiger partial charge in [-0.25, -0.2) is 9.69 Å². The largest absolute Gasteiger partial charge is 0.452 e. The maximum Gasteiger partial charge on any atom is 0.338 e. The van der Waals surface area contributed by atoms with E-state index in [0.29, 0.717) is 33.5 Å². The van der Waals surface area contributed by atoms with Crippen molar-refractivity contribution in [1.82, 2.24) is 0 Å². The van der Waals surface area contributed by atoms with Crippen LogP contribution in [-0.4, -0.2) is 36.1 Å². The van der Waals surface area contributed by atoms with Gasteiger partial charge in [-0.05, 0) is 60.8 Å². The highest BCUT2D eigenvalue weighted by molar-refractivity contribution is 6.35. The lowest BCUT2D eigenvalue weighted by Gasteiger charge is -2.27. The monoisotopic (exact) mass is 492 g/mol. The third kappa shape index (κ3) is 4.36. The lowest BCUT2D eigenvalue weighted by molar-refractivity contribution is -0.119. The molecule has 0 unspecified atom stereocenters. The van der Waals surface area contributed by atoms with Gasteiger partial charge in [-0.15, -0.1) is 0 Å². The number of Topliss-reactive ketones (excluding diaryl/α,β-unsaturated/α-hetero) is 1. The molecular weight excluding hydrogens is 472 g/mol. The Morgan fingerprint density at radius 2 is 1.41 bits per heavy atom. The van der Waals surface area contributed by atoms with Crippen molar-refractivity contribution in [2.45, 2.75) is 6.92 Å². The van der Waals surface area contributed by atoms with Crippen LogP contribution in [0.3, 0.4) is 0 Å². The number of imide groups is 1. The summed E-state index contributed by atoms with van der Waals surface area (Å²) >= 11 is 0. The first-order chi connectivity index (χ1) is 17.8. The van der Waals surface area contributed by atoms with Gasteiger partial charge in [0.05, 0.1) is 16.9 Å². The van der Waals surface area contributed by atoms with Gasteiger partial charge >= 0.3 is 5.97 Å². The number of carbonyl (C=O) groups excluding carboxylic acids is 5. The van der Waals surface area contributed by atoms with Gasteiger partial charge in [0.15, 0.2) is 12.4 Å². The fraction of sp³-hybridized carbons (Fsp3) is 0.0690. The van der Waals surface area contributed by atoms with Gasteiger partial charge in [-0.1, -0.05) is 36.4 Å². The number of benzene rings is 4. The fourth-order valence-electron chi connectivity index (χ4n) is 4.31. The van der Waals surface area contributed by atoms with E-state index in [1.807, 2.05) is 12.1 Å². The molecule has 1 heterocycles. The van der Waals surface area contributed by atoms with E-state index < -0.39 is 30.3 Å². The fourth-order valence-corrected chi connectivity index (χ4v) is 4.31. The van der Waals surface area contributed by atoms with Crippen LogP contribution in [0.2, 0.25) is 0 Å². The van der Waals surface area contributed by atoms with Crippen molar-refractivity contribution in [3.05, 3.63) is 107 Å². The van der Waals surface area contributed by atoms with Crippen molar-refractivity contribution >= 4 is 51.6 Å². The number of hydrogen-bond acceptors (Lipinski definition) is 6. The molecule has 1 N–H and O–H groups in total. The molecule has 0 bridgehead atoms. The molecule has 4 aromatic carbocycles. The van der Waals surface area contributed by atoms with Gasteiger partial charge in [0, 0.05) is 22.1 Å². The van der Waals surface area contributed by atoms with Gasteiger partial charge in [-0.2, -0.15) is 0 Å². The molecule has 0 aromatic heterocycles. The Kier molecular flexibility index (Phi) is 6.07. The molecular formula is C29H20N2O6. The van der Waals surface area contributed by atoms with Crippen LogP contribution in [0.15, 0.2) is 84.9 Å². The van der Waals surface area contributed by atoms with Gasteiger partial charge in [-0.3, -0.25) is 19.2 Å². The maximum absolute atomic E-state index is 13.2. The van der Waals surface area contributed by atoms with E-state index >= 15 is 0 Å². The topological polar surface area (TPSA) is 110 Å². The minimum absolute atomic E-state index is 0.139. The molecule has 0 fully saturated rings. The summed E-state index contributed by atoms with van der Waals surface area (Å²) in [6.07, 6.45) is 0. The van der Waals surface area contributed by atoms with Crippen LogP contribution in [0.5, 0.6) is 0 Å². The highest BCUT2D eigenvalue weighted by Gasteiger charge is 2.33. The highest BCUT2D eigenvalue weighted by Crippen LogP contribution is 2.32. The second-order valence-corrected chi connectivity index (χ2v) is 8.43. The summed E-state index contributed by atoms with van der Waals surface area (Å²) in [7, 11) is 0. The standard InChI is InChI=1S/C29H20N2O6/c1-17(32)21-8-2-3-11-24(21)30-25(33)16-37-29(36)19-12-14-20(15-13-19)31-27(34)22-9-4-6-18-7-5-10-23(26(18)22)28(31)35/h2-15H,16H2,1H3,(H,30,33). The van der Waals surface area contributed by atoms with E-state index in [1.54, 1.807) is 48.5 Å². The zero-order valence-electron chi connectivity index (χ0n) is 19.7. The average Bonchev–Trinajstić information content (AvgIpc) is 2.91. The number of rotatable bonds is 6. The lowest BCUT2D eigenvalue weighted by atomic mass is 9.94. The van der Waals surface area contributed by atoms with Crippen LogP contribution in [-0.2, 0) is 9.53 Å². The zero-order chi connectivity index (χ0) is 26.1. The predicted octanol–water partition coefficient (Wildman–Crippen LogP) is 4.64. The van der Waals surface area contributed by atoms with Crippen LogP contribution in [0.25, 0.3) is 10.8 Å². The summed E-state index contributed by atoms with van der Waals surface area (Å²) in [6.45, 7) is 0.829. The minimum atomic E-state index is -0.757. The van der Waals surface area contributed by atoms with Crippen molar-refractivity contribution in [3.8, 4) is 0 Å². The summed E-state index contributed by atoms with van der Waals surface area (Å²) < 4.78 is 5.09. The molecule has 0 saturated heterocycles. The summed E-state index contributed by atoms with van der Waals surface area (Å²) in [5.41, 5.74) is 1.96. The predicted molar refractivity (Wildman–Crippen MR) is 137 cm³/mol. The average molecular weight is 492 g/mol. The molecule has 4 aromatic rings. The maximum atomic E-state index is 13.2. The normalized spacial score (nSPS) is 12.4. The first kappa shape index (κ1) is 23.6. The second kappa shape index (κ2) is 9.50. The minimum Gasteiger partial charge on any atom is -0.452 e. The van der Waals surface area contributed by atoms with E-state index in [9.17, 15) is 24.0 Å². The molecule has 0 spiro atoms. The Balaban J connectivity index is 1.28. The van der Waals surface area contributed by atoms with E-state index in [4.69, 9.17) is 4.74 Å². The summed E-state index contributed by atoms with van der Waals surface area (Å²) in [5, 5.41) is 3.99. The Morgan fingerprint density at radius 1 is 0.784 bits per heavy atom. The molecule has 0 saturated carbocycles. The Labute approximate surface area is 211 Å².